The van der Waals surface area contributed by atoms with E-state index >= 15 is 0 Å². The van der Waals surface area contributed by atoms with Crippen LogP contribution in [0, 0.1) is 6.92 Å². The fourth-order valence-corrected chi connectivity index (χ4v) is 0. The summed E-state index contributed by atoms with van der Waals surface area (Å²) in [6.07, 6.45) is 0.194. The minimum atomic E-state index is -0.356. The molecule has 2 nitrogen and oxygen atoms in total. The monoisotopic (exact) mass is 72.0 g/mol. The number of hydrogen-bond donors (Lipinski definition) is 1. The molecule has 5 heavy (non-hydrogen) atoms. The van der Waals surface area contributed by atoms with Gasteiger partial charge in [-0.3, -0.25) is 4.79 Å². The van der Waals surface area contributed by atoms with Crippen molar-refractivity contribution in [2.24, 2.45) is 5.73 Å². The molecule has 0 aliphatic rings. The summed E-state index contributed by atoms with van der Waals surface area (Å²) in [6.45, 7) is 3.21. The minimum absolute atomic E-state index is 0.194. The molecule has 0 aromatic rings. The van der Waals surface area contributed by atoms with E-state index in [2.05, 4.69) is 12.7 Å². The Bertz CT molecular complexity index is 42.2. The van der Waals surface area contributed by atoms with Crippen molar-refractivity contribution in [1.29, 1.82) is 0 Å². The Balaban J connectivity index is 2.85. The number of nitrogens with two attached hydrogens (primary N) is 1. The van der Waals surface area contributed by atoms with Gasteiger partial charge in [0.05, 0.1) is 0 Å². The predicted molar refractivity (Wildman–Crippen MR) is 19.2 cm³/mol. The van der Waals surface area contributed by atoms with Crippen LogP contribution in [0.15, 0.2) is 0 Å². The Kier molecular flexibility index (Phi) is 1.57. The van der Waals surface area contributed by atoms with E-state index in [9.17, 15) is 4.79 Å². The van der Waals surface area contributed by atoms with Crippen LogP contribution < -0.4 is 5.73 Å². The normalized spacial score (nSPS) is 7.40. The number of hydrogen-bond acceptors (Lipinski definition) is 1. The van der Waals surface area contributed by atoms with Crippen molar-refractivity contribution in [3.05, 3.63) is 6.92 Å². The summed E-state index contributed by atoms with van der Waals surface area (Å²) in [6, 6.07) is 0. The van der Waals surface area contributed by atoms with Crippen LogP contribution in [0.1, 0.15) is 6.42 Å². The Hall–Kier alpha value is -0.530. The lowest BCUT2D eigenvalue weighted by molar-refractivity contribution is -0.117. The van der Waals surface area contributed by atoms with Gasteiger partial charge in [0, 0.05) is 6.42 Å². The third-order valence-electron chi connectivity index (χ3n) is 0.246. The molecular formula is C3H6NO. The second-order valence-electron chi connectivity index (χ2n) is 0.716. The number of primary amides is 1. The second-order valence-corrected chi connectivity index (χ2v) is 0.716. The summed E-state index contributed by atoms with van der Waals surface area (Å²) in [5, 5.41) is 0. The molecule has 0 aliphatic heterocycles. The highest BCUT2D eigenvalue weighted by molar-refractivity contribution is 5.74. The van der Waals surface area contributed by atoms with E-state index in [4.69, 9.17) is 0 Å². The highest BCUT2D eigenvalue weighted by atomic mass is 16.1. The maximum Gasteiger partial charge on any atom is 0.217 e. The Morgan fingerprint density at radius 2 is 2.20 bits per heavy atom. The molecule has 1 amide bonds. The van der Waals surface area contributed by atoms with Crippen LogP contribution in [0.25, 0.3) is 0 Å². The van der Waals surface area contributed by atoms with Crippen molar-refractivity contribution in [3.8, 4) is 0 Å². The van der Waals surface area contributed by atoms with Crippen LogP contribution in [0.3, 0.4) is 0 Å². The first kappa shape index (κ1) is 4.47. The smallest absolute Gasteiger partial charge is 0.217 e. The fourth-order valence-electron chi connectivity index (χ4n) is 0. The van der Waals surface area contributed by atoms with Gasteiger partial charge in [0.25, 0.3) is 0 Å². The molecule has 0 aliphatic carbocycles. The Morgan fingerprint density at radius 1 is 2.00 bits per heavy atom. The average molecular weight is 72.1 g/mol. The zero-order valence-electron chi connectivity index (χ0n) is 2.90. The van der Waals surface area contributed by atoms with Gasteiger partial charge in [-0.2, -0.15) is 0 Å². The lowest BCUT2D eigenvalue weighted by Gasteiger charge is -1.73. The van der Waals surface area contributed by atoms with Crippen molar-refractivity contribution in [3.63, 3.8) is 0 Å². The molecule has 0 heterocycles. The molecule has 0 rings (SSSR count). The quantitative estimate of drug-likeness (QED) is 0.454. The molecule has 0 bridgehead atoms. The molecule has 0 saturated carbocycles. The standard InChI is InChI=1S/C3H6NO/c1-2-3(4)5/h1-2H2,(H2,4,5). The van der Waals surface area contributed by atoms with Gasteiger partial charge >= 0.3 is 0 Å². The average Bonchev–Trinajstić information content (AvgIpc) is 1.38. The van der Waals surface area contributed by atoms with E-state index in [1.54, 1.807) is 0 Å². The molecule has 0 unspecified atom stereocenters. The van der Waals surface area contributed by atoms with Gasteiger partial charge in [-0.15, -0.1) is 0 Å². The van der Waals surface area contributed by atoms with Crippen LogP contribution >= 0.6 is 0 Å². The first-order valence-electron chi connectivity index (χ1n) is 1.35. The molecule has 0 aromatic carbocycles. The van der Waals surface area contributed by atoms with Crippen molar-refractivity contribution in [2.75, 3.05) is 0 Å². The summed E-state index contributed by atoms with van der Waals surface area (Å²) >= 11 is 0. The molecule has 0 aromatic heterocycles. The van der Waals surface area contributed by atoms with Gasteiger partial charge in [-0.05, 0) is 6.92 Å². The zero-order chi connectivity index (χ0) is 4.28. The predicted octanol–water partition coefficient (Wildman–Crippen LogP) is -0.304. The molecule has 2 heteroatoms. The van der Waals surface area contributed by atoms with Gasteiger partial charge < -0.3 is 5.73 Å². The first-order chi connectivity index (χ1) is 2.27. The number of rotatable bonds is 1. The molecule has 2 N–H and O–H groups in total. The van der Waals surface area contributed by atoms with Crippen LogP contribution in [0.5, 0.6) is 0 Å². The molecular weight excluding hydrogens is 66.0 g/mol. The van der Waals surface area contributed by atoms with Gasteiger partial charge in [0.1, 0.15) is 0 Å². The van der Waals surface area contributed by atoms with Crippen LogP contribution in [-0.4, -0.2) is 5.91 Å². The topological polar surface area (TPSA) is 43.1 Å². The van der Waals surface area contributed by atoms with E-state index in [0.29, 0.717) is 0 Å². The summed E-state index contributed by atoms with van der Waals surface area (Å²) in [7, 11) is 0. The van der Waals surface area contributed by atoms with Crippen LogP contribution in [0.2, 0.25) is 0 Å². The van der Waals surface area contributed by atoms with E-state index in [-0.39, 0.29) is 12.3 Å². The molecule has 29 valence electrons. The van der Waals surface area contributed by atoms with E-state index in [1.165, 1.54) is 0 Å². The van der Waals surface area contributed by atoms with Crippen molar-refractivity contribution in [2.45, 2.75) is 6.42 Å². The molecule has 1 radical (unpaired) electrons. The number of carbonyl (C=O) groups is 1. The summed E-state index contributed by atoms with van der Waals surface area (Å²) < 4.78 is 0. The van der Waals surface area contributed by atoms with Gasteiger partial charge in [0.15, 0.2) is 0 Å². The van der Waals surface area contributed by atoms with Crippen molar-refractivity contribution >= 4 is 5.91 Å². The third-order valence-corrected chi connectivity index (χ3v) is 0.246. The molecule has 0 saturated heterocycles. The van der Waals surface area contributed by atoms with Crippen molar-refractivity contribution < 1.29 is 4.79 Å². The van der Waals surface area contributed by atoms with E-state index in [1.807, 2.05) is 0 Å². The highest BCUT2D eigenvalue weighted by Crippen LogP contribution is 1.61. The van der Waals surface area contributed by atoms with E-state index < -0.39 is 0 Å². The number of carbonyl (C=O) groups excluding carboxylic acids is 1. The lowest BCUT2D eigenvalue weighted by atomic mass is 10.5. The largest absolute Gasteiger partial charge is 0.370 e. The molecule has 0 spiro atoms. The highest BCUT2D eigenvalue weighted by Gasteiger charge is 1.77. The Morgan fingerprint density at radius 3 is 2.20 bits per heavy atom. The second kappa shape index (κ2) is 1.76. The molecule has 0 atom stereocenters. The summed E-state index contributed by atoms with van der Waals surface area (Å²) in [4.78, 5) is 9.53. The van der Waals surface area contributed by atoms with Gasteiger partial charge in [-0.1, -0.05) is 0 Å². The maximum atomic E-state index is 9.53. The van der Waals surface area contributed by atoms with E-state index in [0.717, 1.165) is 0 Å². The fraction of sp³-hybridized carbons (Fsp3) is 0.333. The number of amides is 1. The lowest BCUT2D eigenvalue weighted by Crippen LogP contribution is -2.07. The zero-order valence-corrected chi connectivity index (χ0v) is 2.90. The summed E-state index contributed by atoms with van der Waals surface area (Å²) in [5.74, 6) is -0.356. The maximum absolute atomic E-state index is 9.53. The first-order valence-corrected chi connectivity index (χ1v) is 1.35. The Labute approximate surface area is 31.0 Å². The van der Waals surface area contributed by atoms with Gasteiger partial charge in [-0.25, -0.2) is 0 Å². The summed E-state index contributed by atoms with van der Waals surface area (Å²) in [5.41, 5.74) is 4.59. The van der Waals surface area contributed by atoms with Crippen LogP contribution in [-0.2, 0) is 4.79 Å². The van der Waals surface area contributed by atoms with Gasteiger partial charge in [0.2, 0.25) is 5.91 Å². The SMILES string of the molecule is [CH2]CC(N)=O. The minimum Gasteiger partial charge on any atom is -0.370 e. The third kappa shape index (κ3) is 3.47. The van der Waals surface area contributed by atoms with Crippen molar-refractivity contribution in [1.82, 2.24) is 0 Å². The van der Waals surface area contributed by atoms with Crippen LogP contribution in [0.4, 0.5) is 0 Å². The molecule has 0 fully saturated rings.